The molecule has 1 saturated heterocycles. The fourth-order valence-corrected chi connectivity index (χ4v) is 3.39. The fourth-order valence-electron chi connectivity index (χ4n) is 3.09. The lowest BCUT2D eigenvalue weighted by Crippen LogP contribution is -2.41. The topological polar surface area (TPSA) is 54.9 Å². The molecule has 0 bridgehead atoms. The van der Waals surface area contributed by atoms with Crippen LogP contribution in [-0.2, 0) is 10.2 Å². The number of thioether (sulfide) groups is 1. The Balaban J connectivity index is 0.00000338. The van der Waals surface area contributed by atoms with Gasteiger partial charge in [0, 0.05) is 37.5 Å². The third-order valence-corrected chi connectivity index (χ3v) is 5.25. The summed E-state index contributed by atoms with van der Waals surface area (Å²) in [6, 6.07) is 8.43. The van der Waals surface area contributed by atoms with Crippen molar-refractivity contribution in [1.29, 1.82) is 0 Å². The first-order valence-corrected chi connectivity index (χ1v) is 10.4. The summed E-state index contributed by atoms with van der Waals surface area (Å²) in [5, 5.41) is 6.76. The van der Waals surface area contributed by atoms with E-state index >= 15 is 0 Å². The summed E-state index contributed by atoms with van der Waals surface area (Å²) in [5.74, 6) is 2.86. The lowest BCUT2D eigenvalue weighted by Gasteiger charge is -2.36. The van der Waals surface area contributed by atoms with Crippen LogP contribution in [0.15, 0.2) is 29.3 Å². The number of nitrogens with zero attached hydrogens (tertiary/aromatic N) is 1. The van der Waals surface area contributed by atoms with E-state index < -0.39 is 0 Å². The summed E-state index contributed by atoms with van der Waals surface area (Å²) in [7, 11) is 1.70. The monoisotopic (exact) mass is 493 g/mol. The van der Waals surface area contributed by atoms with E-state index in [1.807, 2.05) is 23.9 Å². The van der Waals surface area contributed by atoms with Crippen molar-refractivity contribution in [2.45, 2.75) is 25.2 Å². The zero-order chi connectivity index (χ0) is 18.0. The molecule has 5 nitrogen and oxygen atoms in total. The van der Waals surface area contributed by atoms with E-state index in [9.17, 15) is 0 Å². The number of guanidine groups is 1. The molecular weight excluding hydrogens is 461 g/mol. The number of aliphatic imine (C=N–C) groups is 1. The number of ether oxygens (including phenoxy) is 2. The van der Waals surface area contributed by atoms with E-state index in [0.29, 0.717) is 0 Å². The second kappa shape index (κ2) is 12.7. The van der Waals surface area contributed by atoms with Gasteiger partial charge in [0.1, 0.15) is 5.75 Å². The SMILES string of the molecule is CCNC(=NCC1(c2ccc(OC)cc2)CCOCC1)NCCSC.I. The number of methoxy groups -OCH3 is 1. The number of hydrogen-bond acceptors (Lipinski definition) is 4. The van der Waals surface area contributed by atoms with E-state index in [1.165, 1.54) is 5.56 Å². The smallest absolute Gasteiger partial charge is 0.191 e. The van der Waals surface area contributed by atoms with Crippen LogP contribution in [-0.4, -0.2) is 57.9 Å². The highest BCUT2D eigenvalue weighted by atomic mass is 127. The van der Waals surface area contributed by atoms with Crippen LogP contribution in [0.1, 0.15) is 25.3 Å². The van der Waals surface area contributed by atoms with Crippen molar-refractivity contribution in [2.75, 3.05) is 52.0 Å². The first-order valence-electron chi connectivity index (χ1n) is 8.97. The maximum absolute atomic E-state index is 5.62. The quantitative estimate of drug-likeness (QED) is 0.252. The lowest BCUT2D eigenvalue weighted by atomic mass is 9.74. The zero-order valence-corrected chi connectivity index (χ0v) is 19.2. The Morgan fingerprint density at radius 3 is 2.50 bits per heavy atom. The average Bonchev–Trinajstić information content (AvgIpc) is 2.67. The minimum absolute atomic E-state index is 0. The molecule has 0 saturated carbocycles. The summed E-state index contributed by atoms with van der Waals surface area (Å²) in [5.41, 5.74) is 1.35. The Morgan fingerprint density at radius 2 is 1.92 bits per heavy atom. The minimum Gasteiger partial charge on any atom is -0.497 e. The van der Waals surface area contributed by atoms with Gasteiger partial charge in [0.2, 0.25) is 0 Å². The lowest BCUT2D eigenvalue weighted by molar-refractivity contribution is 0.0531. The Bertz CT molecular complexity index is 534. The standard InChI is InChI=1S/C19H31N3O2S.HI/c1-4-20-18(21-11-14-25-3)22-15-19(9-12-24-13-10-19)16-5-7-17(23-2)8-6-16;/h5-8H,4,9-15H2,1-3H3,(H2,20,21,22);1H. The molecule has 1 aromatic carbocycles. The molecule has 2 N–H and O–H groups in total. The van der Waals surface area contributed by atoms with Crippen LogP contribution in [0.5, 0.6) is 5.75 Å². The third kappa shape index (κ3) is 6.81. The number of halogens is 1. The van der Waals surface area contributed by atoms with Crippen molar-refractivity contribution in [3.05, 3.63) is 29.8 Å². The molecule has 0 aliphatic carbocycles. The minimum atomic E-state index is 0. The van der Waals surface area contributed by atoms with Crippen LogP contribution in [0.3, 0.4) is 0 Å². The van der Waals surface area contributed by atoms with Crippen LogP contribution in [0.2, 0.25) is 0 Å². The van der Waals surface area contributed by atoms with Crippen molar-refractivity contribution in [3.8, 4) is 5.75 Å². The first-order chi connectivity index (χ1) is 12.2. The van der Waals surface area contributed by atoms with E-state index in [4.69, 9.17) is 14.5 Å². The first kappa shape index (κ1) is 23.4. The maximum atomic E-state index is 5.62. The van der Waals surface area contributed by atoms with Gasteiger partial charge in [-0.1, -0.05) is 12.1 Å². The van der Waals surface area contributed by atoms with Crippen molar-refractivity contribution in [1.82, 2.24) is 10.6 Å². The highest BCUT2D eigenvalue weighted by Crippen LogP contribution is 2.36. The number of hydrogen-bond donors (Lipinski definition) is 2. The zero-order valence-electron chi connectivity index (χ0n) is 16.0. The van der Waals surface area contributed by atoms with Gasteiger partial charge in [0.05, 0.1) is 13.7 Å². The van der Waals surface area contributed by atoms with E-state index in [0.717, 1.165) is 63.2 Å². The van der Waals surface area contributed by atoms with Gasteiger partial charge in [-0.3, -0.25) is 4.99 Å². The fraction of sp³-hybridized carbons (Fsp3) is 0.632. The summed E-state index contributed by atoms with van der Waals surface area (Å²) in [6.07, 6.45) is 4.10. The van der Waals surface area contributed by atoms with E-state index in [2.05, 4.69) is 35.9 Å². The molecular formula is C19H32IN3O2S. The molecule has 148 valence electrons. The second-order valence-corrected chi connectivity index (χ2v) is 7.22. The summed E-state index contributed by atoms with van der Waals surface area (Å²) >= 11 is 1.83. The molecule has 0 aromatic heterocycles. The van der Waals surface area contributed by atoms with Gasteiger partial charge in [-0.15, -0.1) is 24.0 Å². The van der Waals surface area contributed by atoms with Crippen LogP contribution in [0.4, 0.5) is 0 Å². The predicted molar refractivity (Wildman–Crippen MR) is 123 cm³/mol. The predicted octanol–water partition coefficient (Wildman–Crippen LogP) is 3.28. The van der Waals surface area contributed by atoms with Crippen LogP contribution in [0.25, 0.3) is 0 Å². The third-order valence-electron chi connectivity index (χ3n) is 4.63. The molecule has 2 rings (SSSR count). The Morgan fingerprint density at radius 1 is 1.23 bits per heavy atom. The van der Waals surface area contributed by atoms with Crippen molar-refractivity contribution >= 4 is 41.7 Å². The van der Waals surface area contributed by atoms with Gasteiger partial charge in [-0.2, -0.15) is 11.8 Å². The Labute approximate surface area is 179 Å². The highest BCUT2D eigenvalue weighted by molar-refractivity contribution is 14.0. The van der Waals surface area contributed by atoms with Gasteiger partial charge < -0.3 is 20.1 Å². The molecule has 1 fully saturated rings. The Hall–Kier alpha value is -0.670. The van der Waals surface area contributed by atoms with Gasteiger partial charge in [-0.05, 0) is 43.7 Å². The normalized spacial score (nSPS) is 16.5. The molecule has 1 heterocycles. The number of benzene rings is 1. The molecule has 0 spiro atoms. The Kier molecular flexibility index (Phi) is 11.4. The van der Waals surface area contributed by atoms with Gasteiger partial charge in [-0.25, -0.2) is 0 Å². The summed E-state index contributed by atoms with van der Waals surface area (Å²) in [6.45, 7) is 6.22. The van der Waals surface area contributed by atoms with Gasteiger partial charge >= 0.3 is 0 Å². The average molecular weight is 493 g/mol. The van der Waals surface area contributed by atoms with E-state index in [1.54, 1.807) is 7.11 Å². The molecule has 26 heavy (non-hydrogen) atoms. The summed E-state index contributed by atoms with van der Waals surface area (Å²) < 4.78 is 10.9. The molecule has 7 heteroatoms. The molecule has 1 aliphatic heterocycles. The molecule has 0 atom stereocenters. The van der Waals surface area contributed by atoms with Crippen molar-refractivity contribution in [3.63, 3.8) is 0 Å². The van der Waals surface area contributed by atoms with E-state index in [-0.39, 0.29) is 29.4 Å². The number of rotatable bonds is 8. The van der Waals surface area contributed by atoms with Gasteiger partial charge in [0.25, 0.3) is 0 Å². The summed E-state index contributed by atoms with van der Waals surface area (Å²) in [4.78, 5) is 4.90. The largest absolute Gasteiger partial charge is 0.497 e. The maximum Gasteiger partial charge on any atom is 0.191 e. The molecule has 0 radical (unpaired) electrons. The van der Waals surface area contributed by atoms with Crippen LogP contribution >= 0.6 is 35.7 Å². The van der Waals surface area contributed by atoms with Gasteiger partial charge in [0.15, 0.2) is 5.96 Å². The molecule has 0 amide bonds. The van der Waals surface area contributed by atoms with Crippen LogP contribution in [0, 0.1) is 0 Å². The van der Waals surface area contributed by atoms with Crippen molar-refractivity contribution in [2.24, 2.45) is 4.99 Å². The second-order valence-electron chi connectivity index (χ2n) is 6.24. The highest BCUT2D eigenvalue weighted by Gasteiger charge is 2.34. The molecule has 1 aliphatic rings. The number of nitrogens with one attached hydrogen (secondary N) is 2. The molecule has 0 unspecified atom stereocenters. The molecule has 1 aromatic rings. The van der Waals surface area contributed by atoms with Crippen molar-refractivity contribution < 1.29 is 9.47 Å². The van der Waals surface area contributed by atoms with Crippen LogP contribution < -0.4 is 15.4 Å².